The Morgan fingerprint density at radius 1 is 1.05 bits per heavy atom. The molecule has 2 rings (SSSR count). The van der Waals surface area contributed by atoms with Gasteiger partial charge in [-0.1, -0.05) is 30.3 Å². The van der Waals surface area contributed by atoms with Crippen molar-refractivity contribution in [3.8, 4) is 0 Å². The number of nitrogens with zero attached hydrogens (tertiary/aromatic N) is 2. The smallest absolute Gasteiger partial charge is 0.293 e. The summed E-state index contributed by atoms with van der Waals surface area (Å²) in [5.41, 5.74) is 0.986. The zero-order chi connectivity index (χ0) is 13.8. The largest absolute Gasteiger partial charge is 0.303 e. The van der Waals surface area contributed by atoms with Crippen molar-refractivity contribution in [2.45, 2.75) is 0 Å². The van der Waals surface area contributed by atoms with E-state index in [4.69, 9.17) is 0 Å². The van der Waals surface area contributed by atoms with Crippen LogP contribution in [0, 0.1) is 10.1 Å². The summed E-state index contributed by atoms with van der Waals surface area (Å²) in [5.74, 6) is 0. The zero-order valence-corrected chi connectivity index (χ0v) is 11.3. The fourth-order valence-electron chi connectivity index (χ4n) is 1.88. The van der Waals surface area contributed by atoms with Gasteiger partial charge in [-0.05, 0) is 18.2 Å². The Balaban J connectivity index is 2.59. The highest BCUT2D eigenvalue weighted by molar-refractivity contribution is 7.46. The van der Waals surface area contributed by atoms with Crippen LogP contribution in [0.25, 0.3) is 0 Å². The number of para-hydroxylation sites is 3. The van der Waals surface area contributed by atoms with Crippen LogP contribution in [0.5, 0.6) is 0 Å². The third kappa shape index (κ3) is 2.83. The van der Waals surface area contributed by atoms with E-state index in [-0.39, 0.29) is 5.69 Å². The molecule has 2 aromatic rings. The van der Waals surface area contributed by atoms with Crippen LogP contribution < -0.4 is 4.67 Å². The highest BCUT2D eigenvalue weighted by Crippen LogP contribution is 2.42. The lowest BCUT2D eigenvalue weighted by atomic mass is 10.2. The Morgan fingerprint density at radius 2 is 1.63 bits per heavy atom. The van der Waals surface area contributed by atoms with Gasteiger partial charge in [0.15, 0.2) is 7.95 Å². The van der Waals surface area contributed by atoms with Crippen LogP contribution in [-0.2, 0) is 4.57 Å². The van der Waals surface area contributed by atoms with Gasteiger partial charge in [0.25, 0.3) is 5.69 Å². The summed E-state index contributed by atoms with van der Waals surface area (Å²) in [6.45, 7) is 1.56. The third-order valence-electron chi connectivity index (χ3n) is 2.65. The van der Waals surface area contributed by atoms with Gasteiger partial charge >= 0.3 is 0 Å². The van der Waals surface area contributed by atoms with E-state index in [1.807, 2.05) is 18.2 Å². The molecule has 0 radical (unpaired) electrons. The number of benzene rings is 2. The quantitative estimate of drug-likeness (QED) is 0.483. The third-order valence-corrected chi connectivity index (χ3v) is 3.78. The van der Waals surface area contributed by atoms with Gasteiger partial charge in [0.05, 0.1) is 4.92 Å². The molecule has 0 saturated carbocycles. The van der Waals surface area contributed by atoms with Gasteiger partial charge in [0.2, 0.25) is 0 Å². The Hall–Kier alpha value is -2.13. The molecule has 0 heterocycles. The van der Waals surface area contributed by atoms with Crippen molar-refractivity contribution in [3.63, 3.8) is 0 Å². The minimum absolute atomic E-state index is 0.0495. The Labute approximate surface area is 111 Å². The molecule has 0 aliphatic heterocycles. The van der Waals surface area contributed by atoms with Gasteiger partial charge in [-0.3, -0.25) is 14.8 Å². The number of anilines is 2. The second-order valence-corrected chi connectivity index (χ2v) is 5.42. The summed E-state index contributed by atoms with van der Waals surface area (Å²) in [5, 5.41) is 11.1. The lowest BCUT2D eigenvalue weighted by Gasteiger charge is -2.22. The number of hydrogen-bond acceptors (Lipinski definition) is 3. The first-order valence-corrected chi connectivity index (χ1v) is 7.56. The molecule has 1 atom stereocenters. The molecular weight excluding hydrogens is 263 g/mol. The van der Waals surface area contributed by atoms with E-state index >= 15 is 0 Å². The molecule has 1 unspecified atom stereocenters. The van der Waals surface area contributed by atoms with E-state index < -0.39 is 12.9 Å². The molecular formula is C13H13N2O3P. The van der Waals surface area contributed by atoms with Crippen molar-refractivity contribution >= 4 is 25.0 Å². The van der Waals surface area contributed by atoms with Gasteiger partial charge in [0.1, 0.15) is 5.69 Å². The Morgan fingerprint density at radius 3 is 2.21 bits per heavy atom. The average molecular weight is 276 g/mol. The number of hydrogen-bond donors (Lipinski definition) is 0. The van der Waals surface area contributed by atoms with Crippen molar-refractivity contribution < 1.29 is 9.49 Å². The fraction of sp³-hybridized carbons (Fsp3) is 0.0769. The monoisotopic (exact) mass is 276 g/mol. The molecule has 6 heteroatoms. The van der Waals surface area contributed by atoms with E-state index in [1.54, 1.807) is 37.0 Å². The molecule has 0 spiro atoms. The average Bonchev–Trinajstić information content (AvgIpc) is 2.40. The van der Waals surface area contributed by atoms with E-state index in [0.29, 0.717) is 11.4 Å². The molecule has 0 N–H and O–H groups in total. The predicted molar refractivity (Wildman–Crippen MR) is 76.6 cm³/mol. The van der Waals surface area contributed by atoms with Crippen LogP contribution in [0.15, 0.2) is 54.6 Å². The van der Waals surface area contributed by atoms with Crippen LogP contribution in [0.1, 0.15) is 0 Å². The SMILES string of the molecule is C[PH](=O)N(c1ccccc1)c1ccccc1[N+](=O)[O-]. The van der Waals surface area contributed by atoms with E-state index in [1.165, 1.54) is 10.7 Å². The van der Waals surface area contributed by atoms with Crippen molar-refractivity contribution in [1.82, 2.24) is 0 Å². The van der Waals surface area contributed by atoms with Crippen LogP contribution >= 0.6 is 7.95 Å². The van der Waals surface area contributed by atoms with E-state index in [9.17, 15) is 14.7 Å². The first-order chi connectivity index (χ1) is 9.11. The minimum Gasteiger partial charge on any atom is -0.303 e. The maximum Gasteiger partial charge on any atom is 0.293 e. The van der Waals surface area contributed by atoms with Gasteiger partial charge in [-0.2, -0.15) is 0 Å². The van der Waals surface area contributed by atoms with Crippen molar-refractivity contribution in [2.24, 2.45) is 0 Å². The summed E-state index contributed by atoms with van der Waals surface area (Å²) in [6.07, 6.45) is 0. The summed E-state index contributed by atoms with van der Waals surface area (Å²) >= 11 is 0. The minimum atomic E-state index is -2.15. The second kappa shape index (κ2) is 5.67. The van der Waals surface area contributed by atoms with Crippen LogP contribution in [0.4, 0.5) is 17.1 Å². The zero-order valence-electron chi connectivity index (χ0n) is 10.3. The van der Waals surface area contributed by atoms with Gasteiger partial charge in [0, 0.05) is 18.4 Å². The normalized spacial score (nSPS) is 11.8. The number of nitro benzene ring substituents is 1. The van der Waals surface area contributed by atoms with Gasteiger partial charge in [-0.15, -0.1) is 0 Å². The van der Waals surface area contributed by atoms with Crippen molar-refractivity contribution in [1.29, 1.82) is 0 Å². The second-order valence-electron chi connectivity index (χ2n) is 3.94. The summed E-state index contributed by atoms with van der Waals surface area (Å²) in [6, 6.07) is 15.3. The first kappa shape index (κ1) is 13.3. The molecule has 0 aromatic heterocycles. The molecule has 0 aliphatic rings. The molecule has 5 nitrogen and oxygen atoms in total. The van der Waals surface area contributed by atoms with Gasteiger partial charge in [-0.25, -0.2) is 0 Å². The molecule has 2 aromatic carbocycles. The van der Waals surface area contributed by atoms with Crippen LogP contribution in [0.2, 0.25) is 0 Å². The lowest BCUT2D eigenvalue weighted by molar-refractivity contribution is -0.384. The molecule has 0 fully saturated rings. The predicted octanol–water partition coefficient (Wildman–Crippen LogP) is 3.84. The number of rotatable bonds is 4. The Kier molecular flexibility index (Phi) is 3.97. The van der Waals surface area contributed by atoms with Crippen LogP contribution in [-0.4, -0.2) is 11.6 Å². The lowest BCUT2D eigenvalue weighted by Crippen LogP contribution is -2.08. The van der Waals surface area contributed by atoms with E-state index in [2.05, 4.69) is 0 Å². The molecule has 0 bridgehead atoms. The number of nitro groups is 1. The summed E-state index contributed by atoms with van der Waals surface area (Å²) in [4.78, 5) is 10.6. The Bertz CT molecular complexity index is 616. The highest BCUT2D eigenvalue weighted by Gasteiger charge is 2.21. The standard InChI is InChI=1S/C13H13N2O3P/c1-19(18)14(11-7-3-2-4-8-11)12-9-5-6-10-13(12)15(16)17/h2-10,19H,1H3. The molecule has 98 valence electrons. The molecule has 0 amide bonds. The molecule has 19 heavy (non-hydrogen) atoms. The maximum atomic E-state index is 12.0. The summed E-state index contributed by atoms with van der Waals surface area (Å²) in [7, 11) is -2.15. The summed E-state index contributed by atoms with van der Waals surface area (Å²) < 4.78 is 13.5. The van der Waals surface area contributed by atoms with Crippen LogP contribution in [0.3, 0.4) is 0 Å². The highest BCUT2D eigenvalue weighted by atomic mass is 31.1. The van der Waals surface area contributed by atoms with Gasteiger partial charge < -0.3 is 4.57 Å². The molecule has 0 saturated heterocycles. The topological polar surface area (TPSA) is 63.5 Å². The fourth-order valence-corrected chi connectivity index (χ4v) is 2.92. The maximum absolute atomic E-state index is 12.0. The molecule has 0 aliphatic carbocycles. The van der Waals surface area contributed by atoms with Crippen molar-refractivity contribution in [3.05, 3.63) is 64.7 Å². The van der Waals surface area contributed by atoms with Crippen molar-refractivity contribution in [2.75, 3.05) is 11.3 Å². The first-order valence-electron chi connectivity index (χ1n) is 5.70. The van der Waals surface area contributed by atoms with E-state index in [0.717, 1.165) is 0 Å².